The van der Waals surface area contributed by atoms with E-state index >= 15 is 0 Å². The Labute approximate surface area is 187 Å². The Morgan fingerprint density at radius 3 is 2.56 bits per heavy atom. The lowest BCUT2D eigenvalue weighted by molar-refractivity contribution is -0.140. The fourth-order valence-corrected chi connectivity index (χ4v) is 4.75. The van der Waals surface area contributed by atoms with Gasteiger partial charge in [-0.2, -0.15) is 4.99 Å². The number of hydrogen-bond acceptors (Lipinski definition) is 6. The monoisotopic (exact) mass is 448 g/mol. The number of hydrogen-bond donors (Lipinski definition) is 0. The largest absolute Gasteiger partial charge is 0.486 e. The van der Waals surface area contributed by atoms with Gasteiger partial charge in [0.05, 0.1) is 23.7 Å². The molecule has 7 nitrogen and oxygen atoms in total. The number of aryl methyl sites for hydroxylation is 1. The first-order valence-electron chi connectivity index (χ1n) is 10.2. The molecule has 162 valence electrons. The van der Waals surface area contributed by atoms with E-state index in [1.54, 1.807) is 6.07 Å². The summed E-state index contributed by atoms with van der Waals surface area (Å²) in [5.41, 5.74) is 1.33. The summed E-state index contributed by atoms with van der Waals surface area (Å²) in [7, 11) is 1.36. The number of rotatable bonds is 4. The number of nitrogens with zero attached hydrogens (tertiary/aromatic N) is 2. The molecule has 0 N–H and O–H groups in total. The maximum Gasteiger partial charge on any atom is 0.307 e. The standard InChI is InChI=1S/C24H20N2O5S/c1-29-22(27)8-9-26-18-13-19-20(31-11-10-30-19)14-21(18)32-24(26)25-23(28)17-7-6-15-4-2-3-5-16(15)12-17/h2-7,12-14H,8-11H2,1H3. The third-order valence-corrected chi connectivity index (χ3v) is 6.35. The molecule has 0 spiro atoms. The van der Waals surface area contributed by atoms with Gasteiger partial charge in [-0.05, 0) is 22.9 Å². The van der Waals surface area contributed by atoms with Gasteiger partial charge in [0.2, 0.25) is 0 Å². The van der Waals surface area contributed by atoms with Crippen molar-refractivity contribution in [2.75, 3.05) is 20.3 Å². The van der Waals surface area contributed by atoms with E-state index in [2.05, 4.69) is 4.99 Å². The molecular weight excluding hydrogens is 428 g/mol. The number of esters is 1. The van der Waals surface area contributed by atoms with E-state index in [1.165, 1.54) is 18.4 Å². The van der Waals surface area contributed by atoms with Gasteiger partial charge in [0, 0.05) is 24.2 Å². The predicted molar refractivity (Wildman–Crippen MR) is 121 cm³/mol. The lowest BCUT2D eigenvalue weighted by Crippen LogP contribution is -2.19. The Bertz CT molecular complexity index is 1420. The summed E-state index contributed by atoms with van der Waals surface area (Å²) < 4.78 is 18.9. The van der Waals surface area contributed by atoms with E-state index in [9.17, 15) is 9.59 Å². The van der Waals surface area contributed by atoms with Crippen molar-refractivity contribution in [1.29, 1.82) is 0 Å². The van der Waals surface area contributed by atoms with Gasteiger partial charge in [-0.3, -0.25) is 9.59 Å². The molecule has 8 heteroatoms. The highest BCUT2D eigenvalue weighted by atomic mass is 32.1. The van der Waals surface area contributed by atoms with Crippen LogP contribution in [0.1, 0.15) is 16.8 Å². The van der Waals surface area contributed by atoms with Gasteiger partial charge in [0.15, 0.2) is 16.3 Å². The average molecular weight is 449 g/mol. The molecule has 0 unspecified atom stereocenters. The molecule has 1 amide bonds. The van der Waals surface area contributed by atoms with E-state index in [4.69, 9.17) is 14.2 Å². The highest BCUT2D eigenvalue weighted by Gasteiger charge is 2.18. The molecule has 4 aromatic rings. The van der Waals surface area contributed by atoms with Crippen LogP contribution in [0.2, 0.25) is 0 Å². The molecule has 1 aliphatic rings. The lowest BCUT2D eigenvalue weighted by Gasteiger charge is -2.18. The molecule has 0 saturated carbocycles. The number of amides is 1. The van der Waals surface area contributed by atoms with Crippen LogP contribution in [0.4, 0.5) is 0 Å². The number of fused-ring (bicyclic) bond motifs is 3. The van der Waals surface area contributed by atoms with Crippen LogP contribution in [0.25, 0.3) is 21.0 Å². The van der Waals surface area contributed by atoms with Gasteiger partial charge in [-0.15, -0.1) is 0 Å². The molecule has 1 aromatic heterocycles. The van der Waals surface area contributed by atoms with Crippen LogP contribution in [0.3, 0.4) is 0 Å². The summed E-state index contributed by atoms with van der Waals surface area (Å²) in [6.07, 6.45) is 0.161. The lowest BCUT2D eigenvalue weighted by atomic mass is 10.1. The Kier molecular flexibility index (Phi) is 5.36. The van der Waals surface area contributed by atoms with Gasteiger partial charge in [0.1, 0.15) is 13.2 Å². The van der Waals surface area contributed by atoms with Crippen LogP contribution in [0, 0.1) is 0 Å². The zero-order chi connectivity index (χ0) is 22.1. The second-order valence-electron chi connectivity index (χ2n) is 7.30. The SMILES string of the molecule is COC(=O)CCn1c(=NC(=O)c2ccc3ccccc3c2)sc2cc3c(cc21)OCCO3. The molecule has 1 aliphatic heterocycles. The third-order valence-electron chi connectivity index (χ3n) is 5.31. The van der Waals surface area contributed by atoms with Crippen LogP contribution in [-0.4, -0.2) is 36.8 Å². The van der Waals surface area contributed by atoms with Crippen LogP contribution < -0.4 is 14.3 Å². The van der Waals surface area contributed by atoms with E-state index in [1.807, 2.05) is 53.1 Å². The zero-order valence-electron chi connectivity index (χ0n) is 17.4. The molecule has 5 rings (SSSR count). The van der Waals surface area contributed by atoms with Crippen LogP contribution >= 0.6 is 11.3 Å². The molecule has 0 fully saturated rings. The number of thiazole rings is 1. The van der Waals surface area contributed by atoms with Gasteiger partial charge in [-0.25, -0.2) is 0 Å². The molecular formula is C24H20N2O5S. The Morgan fingerprint density at radius 1 is 1.03 bits per heavy atom. The Balaban J connectivity index is 1.60. The van der Waals surface area contributed by atoms with E-state index in [-0.39, 0.29) is 18.3 Å². The number of carbonyl (C=O) groups excluding carboxylic acids is 2. The fourth-order valence-electron chi connectivity index (χ4n) is 3.69. The Morgan fingerprint density at radius 2 is 1.78 bits per heavy atom. The number of aromatic nitrogens is 1. The van der Waals surface area contributed by atoms with Crippen molar-refractivity contribution in [2.24, 2.45) is 4.99 Å². The number of methoxy groups -OCH3 is 1. The summed E-state index contributed by atoms with van der Waals surface area (Å²) in [6.45, 7) is 1.29. The fraction of sp³-hybridized carbons (Fsp3) is 0.208. The summed E-state index contributed by atoms with van der Waals surface area (Å²) in [4.78, 5) is 29.7. The van der Waals surface area contributed by atoms with E-state index < -0.39 is 0 Å². The second-order valence-corrected chi connectivity index (χ2v) is 8.31. The second kappa shape index (κ2) is 8.47. The highest BCUT2D eigenvalue weighted by Crippen LogP contribution is 2.35. The normalized spacial score (nSPS) is 13.5. The molecule has 0 bridgehead atoms. The summed E-state index contributed by atoms with van der Waals surface area (Å²) in [6, 6.07) is 17.2. The maximum absolute atomic E-state index is 13.0. The molecule has 0 atom stereocenters. The van der Waals surface area contributed by atoms with Gasteiger partial charge in [0.25, 0.3) is 5.91 Å². The number of benzene rings is 3. The van der Waals surface area contributed by atoms with Crippen molar-refractivity contribution in [3.05, 3.63) is 65.0 Å². The van der Waals surface area contributed by atoms with Crippen molar-refractivity contribution in [2.45, 2.75) is 13.0 Å². The minimum absolute atomic E-state index is 0.161. The topological polar surface area (TPSA) is 79.1 Å². The molecule has 0 aliphatic carbocycles. The summed E-state index contributed by atoms with van der Waals surface area (Å²) >= 11 is 1.37. The molecule has 3 aromatic carbocycles. The third kappa shape index (κ3) is 3.85. The van der Waals surface area contributed by atoms with Crippen molar-refractivity contribution < 1.29 is 23.8 Å². The highest BCUT2D eigenvalue weighted by molar-refractivity contribution is 7.16. The minimum atomic E-state index is -0.341. The first kappa shape index (κ1) is 20.3. The van der Waals surface area contributed by atoms with E-state index in [0.717, 1.165) is 21.0 Å². The molecule has 32 heavy (non-hydrogen) atoms. The van der Waals surface area contributed by atoms with Crippen molar-refractivity contribution in [1.82, 2.24) is 4.57 Å². The molecule has 0 saturated heterocycles. The number of carbonyl (C=O) groups is 2. The van der Waals surface area contributed by atoms with Gasteiger partial charge >= 0.3 is 5.97 Å². The van der Waals surface area contributed by atoms with Crippen molar-refractivity contribution in [3.63, 3.8) is 0 Å². The summed E-state index contributed by atoms with van der Waals surface area (Å²) in [5, 5.41) is 2.04. The summed E-state index contributed by atoms with van der Waals surface area (Å²) in [5.74, 6) is 0.630. The first-order valence-corrected chi connectivity index (χ1v) is 11.0. The molecule has 0 radical (unpaired) electrons. The average Bonchev–Trinajstić information content (AvgIpc) is 3.16. The minimum Gasteiger partial charge on any atom is -0.486 e. The van der Waals surface area contributed by atoms with Crippen molar-refractivity contribution in [3.8, 4) is 11.5 Å². The maximum atomic E-state index is 13.0. The van der Waals surface area contributed by atoms with Crippen molar-refractivity contribution >= 4 is 44.2 Å². The quantitative estimate of drug-likeness (QED) is 0.442. The van der Waals surface area contributed by atoms with Gasteiger partial charge in [-0.1, -0.05) is 41.7 Å². The number of ether oxygens (including phenoxy) is 3. The molecule has 2 heterocycles. The van der Waals surface area contributed by atoms with Crippen LogP contribution in [0.5, 0.6) is 11.5 Å². The van der Waals surface area contributed by atoms with Gasteiger partial charge < -0.3 is 18.8 Å². The zero-order valence-corrected chi connectivity index (χ0v) is 18.2. The Hall–Kier alpha value is -3.65. The predicted octanol–water partition coefficient (Wildman–Crippen LogP) is 3.93. The van der Waals surface area contributed by atoms with Crippen LogP contribution in [0.15, 0.2) is 59.6 Å². The van der Waals surface area contributed by atoms with E-state index in [0.29, 0.717) is 41.6 Å². The van der Waals surface area contributed by atoms with Crippen LogP contribution in [-0.2, 0) is 16.1 Å². The first-order chi connectivity index (χ1) is 15.6. The smallest absolute Gasteiger partial charge is 0.307 e.